The fourth-order valence-corrected chi connectivity index (χ4v) is 2.82. The standard InChI is InChI=1S/C17H27FN2/c1-17(2,3)19-11-13-9-10-16(13)20(4)12-14-7-5-6-8-15(14)18/h5-8,13,16,19H,9-12H2,1-4H3. The number of halogens is 1. The first kappa shape index (κ1) is 15.5. The molecule has 112 valence electrons. The van der Waals surface area contributed by atoms with E-state index in [4.69, 9.17) is 0 Å². The second-order valence-electron chi connectivity index (χ2n) is 7.04. The van der Waals surface area contributed by atoms with Gasteiger partial charge < -0.3 is 5.32 Å². The van der Waals surface area contributed by atoms with Crippen molar-refractivity contribution in [3.8, 4) is 0 Å². The van der Waals surface area contributed by atoms with Crippen molar-refractivity contribution < 1.29 is 4.39 Å². The Morgan fingerprint density at radius 1 is 1.25 bits per heavy atom. The summed E-state index contributed by atoms with van der Waals surface area (Å²) in [6.07, 6.45) is 2.50. The largest absolute Gasteiger partial charge is 0.312 e. The molecule has 1 fully saturated rings. The Labute approximate surface area is 122 Å². The van der Waals surface area contributed by atoms with Crippen molar-refractivity contribution in [3.05, 3.63) is 35.6 Å². The lowest BCUT2D eigenvalue weighted by Gasteiger charge is -2.44. The average molecular weight is 278 g/mol. The zero-order chi connectivity index (χ0) is 14.8. The lowest BCUT2D eigenvalue weighted by atomic mass is 9.78. The molecule has 2 unspecified atom stereocenters. The minimum atomic E-state index is -0.0944. The molecule has 1 N–H and O–H groups in total. The van der Waals surface area contributed by atoms with Crippen LogP contribution in [0.5, 0.6) is 0 Å². The molecule has 0 amide bonds. The highest BCUT2D eigenvalue weighted by atomic mass is 19.1. The fraction of sp³-hybridized carbons (Fsp3) is 0.647. The molecule has 0 bridgehead atoms. The van der Waals surface area contributed by atoms with Crippen LogP contribution in [0.2, 0.25) is 0 Å². The quantitative estimate of drug-likeness (QED) is 0.888. The Kier molecular flexibility index (Phi) is 4.82. The first-order chi connectivity index (χ1) is 9.37. The molecular formula is C17H27FN2. The molecule has 1 aromatic rings. The molecule has 3 heteroatoms. The summed E-state index contributed by atoms with van der Waals surface area (Å²) in [7, 11) is 2.11. The van der Waals surface area contributed by atoms with Crippen LogP contribution in [0.3, 0.4) is 0 Å². The second kappa shape index (κ2) is 6.23. The molecular weight excluding hydrogens is 251 g/mol. The van der Waals surface area contributed by atoms with Gasteiger partial charge in [0, 0.05) is 23.7 Å². The third kappa shape index (κ3) is 4.03. The van der Waals surface area contributed by atoms with Gasteiger partial charge in [0.2, 0.25) is 0 Å². The minimum Gasteiger partial charge on any atom is -0.312 e. The third-order valence-corrected chi connectivity index (χ3v) is 4.22. The van der Waals surface area contributed by atoms with Gasteiger partial charge in [-0.05, 0) is 59.2 Å². The van der Waals surface area contributed by atoms with Crippen LogP contribution in [-0.4, -0.2) is 30.1 Å². The molecule has 0 heterocycles. The molecule has 1 aliphatic carbocycles. The van der Waals surface area contributed by atoms with Gasteiger partial charge in [-0.3, -0.25) is 4.90 Å². The summed E-state index contributed by atoms with van der Waals surface area (Å²) >= 11 is 0. The van der Waals surface area contributed by atoms with Crippen molar-refractivity contribution in [2.45, 2.75) is 51.7 Å². The van der Waals surface area contributed by atoms with E-state index in [0.29, 0.717) is 18.5 Å². The summed E-state index contributed by atoms with van der Waals surface area (Å²) in [5.74, 6) is 0.592. The highest BCUT2D eigenvalue weighted by molar-refractivity contribution is 5.17. The predicted molar refractivity (Wildman–Crippen MR) is 82.1 cm³/mol. The molecule has 0 radical (unpaired) electrons. The van der Waals surface area contributed by atoms with Gasteiger partial charge in [-0.15, -0.1) is 0 Å². The van der Waals surface area contributed by atoms with Crippen LogP contribution in [0.25, 0.3) is 0 Å². The summed E-state index contributed by atoms with van der Waals surface area (Å²) in [5, 5.41) is 3.58. The fourth-order valence-electron chi connectivity index (χ4n) is 2.82. The Balaban J connectivity index is 1.87. The number of hydrogen-bond donors (Lipinski definition) is 1. The van der Waals surface area contributed by atoms with E-state index in [0.717, 1.165) is 12.1 Å². The van der Waals surface area contributed by atoms with Crippen molar-refractivity contribution in [1.29, 1.82) is 0 Å². The zero-order valence-electron chi connectivity index (χ0n) is 13.1. The number of nitrogens with zero attached hydrogens (tertiary/aromatic N) is 1. The van der Waals surface area contributed by atoms with E-state index in [-0.39, 0.29) is 11.4 Å². The maximum Gasteiger partial charge on any atom is 0.127 e. The van der Waals surface area contributed by atoms with Crippen molar-refractivity contribution in [2.24, 2.45) is 5.92 Å². The summed E-state index contributed by atoms with van der Waals surface area (Å²) in [6.45, 7) is 8.34. The summed E-state index contributed by atoms with van der Waals surface area (Å²) in [5.41, 5.74) is 0.967. The lowest BCUT2D eigenvalue weighted by molar-refractivity contribution is 0.0730. The van der Waals surface area contributed by atoms with Crippen LogP contribution in [0, 0.1) is 11.7 Å². The van der Waals surface area contributed by atoms with Crippen molar-refractivity contribution >= 4 is 0 Å². The number of benzene rings is 1. The SMILES string of the molecule is CN(Cc1ccccc1F)C1CCC1CNC(C)(C)C. The van der Waals surface area contributed by atoms with E-state index < -0.39 is 0 Å². The average Bonchev–Trinajstić information content (AvgIpc) is 2.29. The first-order valence-electron chi connectivity index (χ1n) is 7.55. The van der Waals surface area contributed by atoms with Crippen molar-refractivity contribution in [3.63, 3.8) is 0 Å². The van der Waals surface area contributed by atoms with Gasteiger partial charge in [0.15, 0.2) is 0 Å². The lowest BCUT2D eigenvalue weighted by Crippen LogP contribution is -2.51. The van der Waals surface area contributed by atoms with Gasteiger partial charge in [-0.2, -0.15) is 0 Å². The highest BCUT2D eigenvalue weighted by Gasteiger charge is 2.34. The molecule has 0 aromatic heterocycles. The van der Waals surface area contributed by atoms with Gasteiger partial charge in [-0.1, -0.05) is 18.2 Å². The minimum absolute atomic E-state index is 0.0944. The van der Waals surface area contributed by atoms with Crippen LogP contribution in [0.15, 0.2) is 24.3 Å². The maximum absolute atomic E-state index is 13.7. The van der Waals surface area contributed by atoms with Gasteiger partial charge in [0.25, 0.3) is 0 Å². The molecule has 0 aliphatic heterocycles. The van der Waals surface area contributed by atoms with Gasteiger partial charge in [0.1, 0.15) is 5.82 Å². The summed E-state index contributed by atoms with van der Waals surface area (Å²) in [6, 6.07) is 7.66. The molecule has 1 aromatic carbocycles. The van der Waals surface area contributed by atoms with Crippen LogP contribution < -0.4 is 5.32 Å². The van der Waals surface area contributed by atoms with Crippen LogP contribution in [0.4, 0.5) is 4.39 Å². The Morgan fingerprint density at radius 2 is 1.95 bits per heavy atom. The molecule has 2 nitrogen and oxygen atoms in total. The van der Waals surface area contributed by atoms with Gasteiger partial charge in [-0.25, -0.2) is 4.39 Å². The Hall–Kier alpha value is -0.930. The van der Waals surface area contributed by atoms with Crippen LogP contribution in [-0.2, 0) is 6.54 Å². The van der Waals surface area contributed by atoms with Crippen LogP contribution >= 0.6 is 0 Å². The Bertz CT molecular complexity index is 439. The van der Waals surface area contributed by atoms with Crippen LogP contribution in [0.1, 0.15) is 39.2 Å². The molecule has 0 saturated heterocycles. The monoisotopic (exact) mass is 278 g/mol. The van der Waals surface area contributed by atoms with Gasteiger partial charge >= 0.3 is 0 Å². The number of hydrogen-bond acceptors (Lipinski definition) is 2. The molecule has 2 atom stereocenters. The van der Waals surface area contributed by atoms with E-state index in [1.807, 2.05) is 12.1 Å². The Morgan fingerprint density at radius 3 is 2.50 bits per heavy atom. The second-order valence-corrected chi connectivity index (χ2v) is 7.04. The van der Waals surface area contributed by atoms with E-state index in [1.54, 1.807) is 12.1 Å². The molecule has 1 aliphatic rings. The number of nitrogens with one attached hydrogen (secondary N) is 1. The zero-order valence-corrected chi connectivity index (χ0v) is 13.1. The van der Waals surface area contributed by atoms with E-state index >= 15 is 0 Å². The summed E-state index contributed by atoms with van der Waals surface area (Å²) in [4.78, 5) is 2.30. The molecule has 2 rings (SSSR count). The third-order valence-electron chi connectivity index (χ3n) is 4.22. The van der Waals surface area contributed by atoms with E-state index in [1.165, 1.54) is 12.8 Å². The topological polar surface area (TPSA) is 15.3 Å². The highest BCUT2D eigenvalue weighted by Crippen LogP contribution is 2.32. The molecule has 0 spiro atoms. The van der Waals surface area contributed by atoms with Crippen molar-refractivity contribution in [2.75, 3.05) is 13.6 Å². The summed E-state index contributed by atoms with van der Waals surface area (Å²) < 4.78 is 13.7. The normalized spacial score (nSPS) is 22.9. The first-order valence-corrected chi connectivity index (χ1v) is 7.55. The van der Waals surface area contributed by atoms with Gasteiger partial charge in [0.05, 0.1) is 0 Å². The van der Waals surface area contributed by atoms with Crippen molar-refractivity contribution in [1.82, 2.24) is 10.2 Å². The smallest absolute Gasteiger partial charge is 0.127 e. The predicted octanol–water partition coefficient (Wildman–Crippen LogP) is 3.42. The maximum atomic E-state index is 13.7. The van der Waals surface area contributed by atoms with E-state index in [2.05, 4.69) is 38.0 Å². The number of rotatable bonds is 5. The van der Waals surface area contributed by atoms with E-state index in [9.17, 15) is 4.39 Å². The molecule has 20 heavy (non-hydrogen) atoms. The molecule has 1 saturated carbocycles.